The van der Waals surface area contributed by atoms with Crippen LogP contribution in [0.25, 0.3) is 0 Å². The first-order valence-corrected chi connectivity index (χ1v) is 7.37. The van der Waals surface area contributed by atoms with Crippen LogP contribution in [-0.2, 0) is 0 Å². The van der Waals surface area contributed by atoms with E-state index in [0.29, 0.717) is 29.4 Å². The first-order valence-electron chi connectivity index (χ1n) is 7.37. The molecule has 7 heteroatoms. The minimum atomic E-state index is -0.553. The molecule has 0 fully saturated rings. The standard InChI is InChI=1S/C16H22N6O/c1-9-4-11(3)21-15(5-9)22-13-6-14(19-7-10(2)17)20-8-12(13)16(18)23/h4-6,8,10H,7,17H2,1-3H3,(H2,18,23)(H2,19,20,21,22). The van der Waals surface area contributed by atoms with Crippen molar-refractivity contribution in [3.63, 3.8) is 0 Å². The third-order valence-electron chi connectivity index (χ3n) is 3.14. The molecule has 0 aliphatic carbocycles. The SMILES string of the molecule is Cc1cc(C)nc(Nc2cc(NCC(C)N)ncc2C(N)=O)c1. The van der Waals surface area contributed by atoms with Gasteiger partial charge in [0, 0.05) is 30.5 Å². The predicted molar refractivity (Wildman–Crippen MR) is 91.9 cm³/mol. The Balaban J connectivity index is 2.33. The van der Waals surface area contributed by atoms with Gasteiger partial charge in [-0.05, 0) is 38.5 Å². The van der Waals surface area contributed by atoms with Gasteiger partial charge in [-0.1, -0.05) is 0 Å². The zero-order valence-corrected chi connectivity index (χ0v) is 13.6. The molecule has 1 unspecified atom stereocenters. The third kappa shape index (κ3) is 4.65. The number of carbonyl (C=O) groups excluding carboxylic acids is 1. The van der Waals surface area contributed by atoms with E-state index in [2.05, 4.69) is 20.6 Å². The van der Waals surface area contributed by atoms with E-state index in [1.807, 2.05) is 32.9 Å². The highest BCUT2D eigenvalue weighted by Crippen LogP contribution is 2.23. The number of primary amides is 1. The van der Waals surface area contributed by atoms with Crippen LogP contribution < -0.4 is 22.1 Å². The van der Waals surface area contributed by atoms with Crippen molar-refractivity contribution in [2.24, 2.45) is 11.5 Å². The Kier molecular flexibility index (Phi) is 5.13. The molecule has 2 aromatic heterocycles. The average molecular weight is 314 g/mol. The zero-order chi connectivity index (χ0) is 17.0. The lowest BCUT2D eigenvalue weighted by Gasteiger charge is -2.14. The van der Waals surface area contributed by atoms with Crippen LogP contribution in [-0.4, -0.2) is 28.5 Å². The van der Waals surface area contributed by atoms with Crippen LogP contribution in [0.5, 0.6) is 0 Å². The van der Waals surface area contributed by atoms with Crippen molar-refractivity contribution in [2.75, 3.05) is 17.2 Å². The molecule has 2 rings (SSSR count). The maximum Gasteiger partial charge on any atom is 0.252 e. The number of pyridine rings is 2. The first-order chi connectivity index (χ1) is 10.8. The van der Waals surface area contributed by atoms with Crippen LogP contribution in [0.15, 0.2) is 24.4 Å². The Morgan fingerprint density at radius 3 is 2.61 bits per heavy atom. The van der Waals surface area contributed by atoms with Crippen molar-refractivity contribution in [3.05, 3.63) is 41.2 Å². The molecule has 0 aliphatic rings. The molecule has 2 aromatic rings. The summed E-state index contributed by atoms with van der Waals surface area (Å²) in [6.07, 6.45) is 1.44. The number of hydrogen-bond acceptors (Lipinski definition) is 6. The summed E-state index contributed by atoms with van der Waals surface area (Å²) in [5.74, 6) is 0.705. The van der Waals surface area contributed by atoms with Gasteiger partial charge in [-0.2, -0.15) is 0 Å². The third-order valence-corrected chi connectivity index (χ3v) is 3.14. The second-order valence-electron chi connectivity index (χ2n) is 5.63. The van der Waals surface area contributed by atoms with E-state index in [4.69, 9.17) is 11.5 Å². The van der Waals surface area contributed by atoms with E-state index in [-0.39, 0.29) is 6.04 Å². The van der Waals surface area contributed by atoms with Gasteiger partial charge in [0.05, 0.1) is 11.3 Å². The fourth-order valence-electron chi connectivity index (χ4n) is 2.16. The summed E-state index contributed by atoms with van der Waals surface area (Å²) in [5, 5.41) is 6.25. The largest absolute Gasteiger partial charge is 0.368 e. The molecule has 0 aromatic carbocycles. The lowest BCUT2D eigenvalue weighted by atomic mass is 10.2. The van der Waals surface area contributed by atoms with E-state index < -0.39 is 5.91 Å². The summed E-state index contributed by atoms with van der Waals surface area (Å²) in [6, 6.07) is 5.59. The van der Waals surface area contributed by atoms with Gasteiger partial charge in [0.2, 0.25) is 0 Å². The van der Waals surface area contributed by atoms with Crippen LogP contribution in [0.3, 0.4) is 0 Å². The fraction of sp³-hybridized carbons (Fsp3) is 0.312. The lowest BCUT2D eigenvalue weighted by Crippen LogP contribution is -2.25. The monoisotopic (exact) mass is 314 g/mol. The molecule has 7 nitrogen and oxygen atoms in total. The topological polar surface area (TPSA) is 119 Å². The number of carbonyl (C=O) groups is 1. The predicted octanol–water partition coefficient (Wildman–Crippen LogP) is 1.70. The summed E-state index contributed by atoms with van der Waals surface area (Å²) in [5.41, 5.74) is 14.0. The van der Waals surface area contributed by atoms with Gasteiger partial charge in [0.1, 0.15) is 11.6 Å². The van der Waals surface area contributed by atoms with Gasteiger partial charge in [-0.3, -0.25) is 4.79 Å². The van der Waals surface area contributed by atoms with E-state index >= 15 is 0 Å². The van der Waals surface area contributed by atoms with Gasteiger partial charge in [-0.15, -0.1) is 0 Å². The van der Waals surface area contributed by atoms with Gasteiger partial charge in [0.15, 0.2) is 0 Å². The Bertz CT molecular complexity index is 693. The highest BCUT2D eigenvalue weighted by atomic mass is 16.1. The number of amides is 1. The number of hydrogen-bond donors (Lipinski definition) is 4. The molecule has 6 N–H and O–H groups in total. The number of rotatable bonds is 6. The maximum absolute atomic E-state index is 11.6. The second-order valence-corrected chi connectivity index (χ2v) is 5.63. The highest BCUT2D eigenvalue weighted by molar-refractivity contribution is 5.99. The molecule has 0 aliphatic heterocycles. The van der Waals surface area contributed by atoms with Crippen LogP contribution >= 0.6 is 0 Å². The minimum Gasteiger partial charge on any atom is -0.368 e. The summed E-state index contributed by atoms with van der Waals surface area (Å²) in [4.78, 5) is 20.2. The van der Waals surface area contributed by atoms with E-state index in [0.717, 1.165) is 11.3 Å². The summed E-state index contributed by atoms with van der Waals surface area (Å²) in [7, 11) is 0. The molecule has 0 spiro atoms. The highest BCUT2D eigenvalue weighted by Gasteiger charge is 2.12. The number of aromatic nitrogens is 2. The number of nitrogens with two attached hydrogens (primary N) is 2. The van der Waals surface area contributed by atoms with Crippen molar-refractivity contribution in [3.8, 4) is 0 Å². The molecular weight excluding hydrogens is 292 g/mol. The number of aryl methyl sites for hydroxylation is 2. The minimum absolute atomic E-state index is 0.00915. The summed E-state index contributed by atoms with van der Waals surface area (Å²) >= 11 is 0. The number of anilines is 3. The molecule has 1 atom stereocenters. The van der Waals surface area contributed by atoms with Crippen LogP contribution in [0.2, 0.25) is 0 Å². The molecular formula is C16H22N6O. The van der Waals surface area contributed by atoms with Crippen molar-refractivity contribution < 1.29 is 4.79 Å². The van der Waals surface area contributed by atoms with E-state index in [1.165, 1.54) is 6.20 Å². The number of nitrogens with one attached hydrogen (secondary N) is 2. The van der Waals surface area contributed by atoms with Crippen LogP contribution in [0.4, 0.5) is 17.3 Å². The summed E-state index contributed by atoms with van der Waals surface area (Å²) < 4.78 is 0. The van der Waals surface area contributed by atoms with Gasteiger partial charge in [-0.25, -0.2) is 9.97 Å². The maximum atomic E-state index is 11.6. The summed E-state index contributed by atoms with van der Waals surface area (Å²) in [6.45, 7) is 6.36. The molecule has 2 heterocycles. The van der Waals surface area contributed by atoms with Crippen molar-refractivity contribution >= 4 is 23.2 Å². The zero-order valence-electron chi connectivity index (χ0n) is 13.6. The normalized spacial score (nSPS) is 11.8. The van der Waals surface area contributed by atoms with Crippen molar-refractivity contribution in [1.82, 2.24) is 9.97 Å². The molecule has 1 amide bonds. The molecule has 0 saturated heterocycles. The first kappa shape index (κ1) is 16.7. The number of nitrogens with zero attached hydrogens (tertiary/aromatic N) is 2. The van der Waals surface area contributed by atoms with Gasteiger partial charge < -0.3 is 22.1 Å². The molecule has 122 valence electrons. The Labute approximate surface area is 135 Å². The second kappa shape index (κ2) is 7.06. The molecule has 0 radical (unpaired) electrons. The fourth-order valence-corrected chi connectivity index (χ4v) is 2.16. The van der Waals surface area contributed by atoms with Crippen molar-refractivity contribution in [1.29, 1.82) is 0 Å². The lowest BCUT2D eigenvalue weighted by molar-refractivity contribution is 0.100. The Morgan fingerprint density at radius 1 is 1.26 bits per heavy atom. The molecule has 0 bridgehead atoms. The molecule has 0 saturated carbocycles. The van der Waals surface area contributed by atoms with Gasteiger partial charge in [0.25, 0.3) is 5.91 Å². The van der Waals surface area contributed by atoms with E-state index in [9.17, 15) is 4.79 Å². The Morgan fingerprint density at radius 2 is 2.00 bits per heavy atom. The molecule has 23 heavy (non-hydrogen) atoms. The van der Waals surface area contributed by atoms with Crippen LogP contribution in [0.1, 0.15) is 28.5 Å². The van der Waals surface area contributed by atoms with E-state index in [1.54, 1.807) is 6.07 Å². The van der Waals surface area contributed by atoms with Crippen molar-refractivity contribution in [2.45, 2.75) is 26.8 Å². The van der Waals surface area contributed by atoms with Crippen LogP contribution in [0, 0.1) is 13.8 Å². The van der Waals surface area contributed by atoms with Gasteiger partial charge >= 0.3 is 0 Å². The quantitative estimate of drug-likeness (QED) is 0.644. The smallest absolute Gasteiger partial charge is 0.252 e. The Hall–Kier alpha value is -2.67. The average Bonchev–Trinajstić information content (AvgIpc) is 2.43.